The minimum absolute atomic E-state index is 0.119. The van der Waals surface area contributed by atoms with Gasteiger partial charge in [0.1, 0.15) is 0 Å². The molecular weight excluding hydrogens is 376 g/mol. The highest BCUT2D eigenvalue weighted by Crippen LogP contribution is 2.20. The Kier molecular flexibility index (Phi) is 6.08. The first-order valence-corrected chi connectivity index (χ1v) is 8.12. The van der Waals surface area contributed by atoms with Gasteiger partial charge >= 0.3 is 5.97 Å². The summed E-state index contributed by atoms with van der Waals surface area (Å²) in [7, 11) is 1.27. The third-order valence-corrected chi connectivity index (χ3v) is 3.66. The number of methoxy groups -OCH3 is 1. The fraction of sp³-hybridized carbons (Fsp3) is 0.118. The van der Waals surface area contributed by atoms with Crippen molar-refractivity contribution in [3.63, 3.8) is 0 Å². The van der Waals surface area contributed by atoms with Crippen LogP contribution in [0, 0.1) is 0 Å². The highest BCUT2D eigenvalue weighted by Gasteiger charge is 2.17. The Bertz CT molecular complexity index is 777. The number of halogens is 1. The van der Waals surface area contributed by atoms with E-state index in [0.29, 0.717) is 11.4 Å². The number of nitrogens with one attached hydrogen (secondary N) is 2. The second-order valence-electron chi connectivity index (χ2n) is 4.72. The van der Waals surface area contributed by atoms with Crippen molar-refractivity contribution in [3.8, 4) is 0 Å². The van der Waals surface area contributed by atoms with Gasteiger partial charge in [-0.25, -0.2) is 4.79 Å². The van der Waals surface area contributed by atoms with Crippen LogP contribution in [-0.2, 0) is 9.53 Å². The molecule has 2 aromatic rings. The van der Waals surface area contributed by atoms with Crippen molar-refractivity contribution in [2.75, 3.05) is 23.1 Å². The molecule has 0 aromatic heterocycles. The van der Waals surface area contributed by atoms with E-state index in [9.17, 15) is 14.4 Å². The summed E-state index contributed by atoms with van der Waals surface area (Å²) in [4.78, 5) is 35.9. The molecule has 0 saturated heterocycles. The van der Waals surface area contributed by atoms with E-state index in [2.05, 4.69) is 26.6 Å². The third kappa shape index (κ3) is 4.20. The van der Waals surface area contributed by atoms with Crippen molar-refractivity contribution < 1.29 is 19.1 Å². The monoisotopic (exact) mass is 390 g/mol. The molecule has 0 bridgehead atoms. The molecule has 0 aliphatic heterocycles. The SMILES string of the molecule is COC(=O)c1ccccc1NC(=O)c1ccccc1NC(=O)CBr. The summed E-state index contributed by atoms with van der Waals surface area (Å²) in [5.74, 6) is -1.27. The summed E-state index contributed by atoms with van der Waals surface area (Å²) in [5, 5.41) is 5.43. The Hall–Kier alpha value is -2.67. The van der Waals surface area contributed by atoms with Gasteiger partial charge in [0.15, 0.2) is 0 Å². The standard InChI is InChI=1S/C17H15BrN2O4/c1-24-17(23)12-7-3-5-9-14(12)20-16(22)11-6-2-4-8-13(11)19-15(21)10-18/h2-9H,10H2,1H3,(H,19,21)(H,20,22). The van der Waals surface area contributed by atoms with Gasteiger partial charge in [-0.15, -0.1) is 0 Å². The molecule has 0 fully saturated rings. The summed E-state index contributed by atoms with van der Waals surface area (Å²) < 4.78 is 4.70. The Labute approximate surface area is 147 Å². The van der Waals surface area contributed by atoms with Crippen molar-refractivity contribution in [3.05, 3.63) is 59.7 Å². The van der Waals surface area contributed by atoms with Crippen molar-refractivity contribution in [2.24, 2.45) is 0 Å². The maximum absolute atomic E-state index is 12.5. The Morgan fingerprint density at radius 3 is 2.04 bits per heavy atom. The van der Waals surface area contributed by atoms with Crippen LogP contribution in [0.15, 0.2) is 48.5 Å². The highest BCUT2D eigenvalue weighted by atomic mass is 79.9. The molecule has 7 heteroatoms. The number of esters is 1. The molecule has 124 valence electrons. The smallest absolute Gasteiger partial charge is 0.339 e. The van der Waals surface area contributed by atoms with Gasteiger partial charge < -0.3 is 15.4 Å². The molecule has 0 radical (unpaired) electrons. The minimum atomic E-state index is -0.549. The molecule has 0 saturated carbocycles. The Morgan fingerprint density at radius 1 is 0.917 bits per heavy atom. The molecule has 6 nitrogen and oxygen atoms in total. The van der Waals surface area contributed by atoms with E-state index in [-0.39, 0.29) is 22.4 Å². The van der Waals surface area contributed by atoms with Gasteiger partial charge in [0, 0.05) is 0 Å². The zero-order valence-electron chi connectivity index (χ0n) is 12.8. The molecule has 0 unspecified atom stereocenters. The van der Waals surface area contributed by atoms with Crippen molar-refractivity contribution in [2.45, 2.75) is 0 Å². The number of alkyl halides is 1. The number of rotatable bonds is 5. The lowest BCUT2D eigenvalue weighted by molar-refractivity contribution is -0.113. The summed E-state index contributed by atoms with van der Waals surface area (Å²) in [6.07, 6.45) is 0. The van der Waals surface area contributed by atoms with E-state index in [1.807, 2.05) is 0 Å². The molecule has 2 N–H and O–H groups in total. The molecule has 2 aromatic carbocycles. The van der Waals surface area contributed by atoms with E-state index in [1.54, 1.807) is 48.5 Å². The first kappa shape index (κ1) is 17.7. The molecule has 0 aliphatic rings. The molecule has 0 aliphatic carbocycles. The zero-order chi connectivity index (χ0) is 17.5. The van der Waals surface area contributed by atoms with Gasteiger partial charge in [-0.2, -0.15) is 0 Å². The summed E-state index contributed by atoms with van der Waals surface area (Å²) >= 11 is 3.06. The number of carbonyl (C=O) groups is 3. The van der Waals surface area contributed by atoms with Gasteiger partial charge in [0.25, 0.3) is 5.91 Å². The predicted molar refractivity (Wildman–Crippen MR) is 94.6 cm³/mol. The van der Waals surface area contributed by atoms with Crippen molar-refractivity contribution in [1.29, 1.82) is 0 Å². The minimum Gasteiger partial charge on any atom is -0.465 e. The fourth-order valence-electron chi connectivity index (χ4n) is 2.04. The number of benzene rings is 2. The largest absolute Gasteiger partial charge is 0.465 e. The van der Waals surface area contributed by atoms with Crippen LogP contribution in [0.5, 0.6) is 0 Å². The van der Waals surface area contributed by atoms with Crippen LogP contribution in [0.25, 0.3) is 0 Å². The zero-order valence-corrected chi connectivity index (χ0v) is 14.4. The first-order valence-electron chi connectivity index (χ1n) is 7.00. The normalized spacial score (nSPS) is 9.92. The van der Waals surface area contributed by atoms with Crippen LogP contribution in [0.3, 0.4) is 0 Å². The van der Waals surface area contributed by atoms with E-state index < -0.39 is 11.9 Å². The van der Waals surface area contributed by atoms with Crippen molar-refractivity contribution >= 4 is 45.1 Å². The lowest BCUT2D eigenvalue weighted by Crippen LogP contribution is -2.19. The molecular formula is C17H15BrN2O4. The second-order valence-corrected chi connectivity index (χ2v) is 5.28. The topological polar surface area (TPSA) is 84.5 Å². The van der Waals surface area contributed by atoms with Gasteiger partial charge in [0.2, 0.25) is 5.91 Å². The number of hydrogen-bond acceptors (Lipinski definition) is 4. The van der Waals surface area contributed by atoms with Gasteiger partial charge in [-0.1, -0.05) is 40.2 Å². The van der Waals surface area contributed by atoms with Gasteiger partial charge in [-0.05, 0) is 24.3 Å². The maximum Gasteiger partial charge on any atom is 0.339 e. The van der Waals surface area contributed by atoms with Gasteiger partial charge in [-0.3, -0.25) is 9.59 Å². The van der Waals surface area contributed by atoms with Crippen LogP contribution >= 0.6 is 15.9 Å². The number of anilines is 2. The lowest BCUT2D eigenvalue weighted by Gasteiger charge is -2.12. The van der Waals surface area contributed by atoms with E-state index in [0.717, 1.165) is 0 Å². The lowest BCUT2D eigenvalue weighted by atomic mass is 10.1. The second kappa shape index (κ2) is 8.26. The molecule has 24 heavy (non-hydrogen) atoms. The van der Waals surface area contributed by atoms with E-state index in [1.165, 1.54) is 7.11 Å². The fourth-order valence-corrected chi connectivity index (χ4v) is 2.18. The average Bonchev–Trinajstić information content (AvgIpc) is 2.61. The van der Waals surface area contributed by atoms with Crippen LogP contribution in [0.1, 0.15) is 20.7 Å². The summed E-state index contributed by atoms with van der Waals surface area (Å²) in [5.41, 5.74) is 1.24. The number of amides is 2. The molecule has 2 rings (SSSR count). The Balaban J connectivity index is 2.29. The van der Waals surface area contributed by atoms with Crippen LogP contribution < -0.4 is 10.6 Å². The van der Waals surface area contributed by atoms with Crippen molar-refractivity contribution in [1.82, 2.24) is 0 Å². The van der Waals surface area contributed by atoms with Gasteiger partial charge in [0.05, 0.1) is 34.9 Å². The third-order valence-electron chi connectivity index (χ3n) is 3.15. The molecule has 2 amide bonds. The van der Waals surface area contributed by atoms with Crippen LogP contribution in [0.4, 0.5) is 11.4 Å². The summed E-state index contributed by atoms with van der Waals surface area (Å²) in [6.45, 7) is 0. The number of ether oxygens (including phenoxy) is 1. The average molecular weight is 391 g/mol. The molecule has 0 heterocycles. The molecule has 0 spiro atoms. The summed E-state index contributed by atoms with van der Waals surface area (Å²) in [6, 6.07) is 13.1. The molecule has 0 atom stereocenters. The first-order chi connectivity index (χ1) is 11.6. The van der Waals surface area contributed by atoms with E-state index in [4.69, 9.17) is 4.74 Å². The predicted octanol–water partition coefficient (Wildman–Crippen LogP) is 3.06. The highest BCUT2D eigenvalue weighted by molar-refractivity contribution is 9.09. The Morgan fingerprint density at radius 2 is 1.46 bits per heavy atom. The number of hydrogen-bond donors (Lipinski definition) is 2. The number of para-hydroxylation sites is 2. The number of carbonyl (C=O) groups excluding carboxylic acids is 3. The van der Waals surface area contributed by atoms with Crippen LogP contribution in [-0.4, -0.2) is 30.2 Å². The quantitative estimate of drug-likeness (QED) is 0.606. The van der Waals surface area contributed by atoms with Crippen LogP contribution in [0.2, 0.25) is 0 Å². The van der Waals surface area contributed by atoms with E-state index >= 15 is 0 Å². The maximum atomic E-state index is 12.5.